The van der Waals surface area contributed by atoms with Gasteiger partial charge in [0.2, 0.25) is 0 Å². The fraction of sp³-hybridized carbons (Fsp3) is 0.207. The molecule has 5 nitrogen and oxygen atoms in total. The van der Waals surface area contributed by atoms with Crippen LogP contribution in [0.4, 0.5) is 5.69 Å². The molecule has 0 radical (unpaired) electrons. The molecule has 1 saturated heterocycles. The molecule has 1 aliphatic heterocycles. The van der Waals surface area contributed by atoms with Crippen LogP contribution in [0.25, 0.3) is 6.08 Å². The first-order valence-electron chi connectivity index (χ1n) is 11.7. The molecule has 3 aromatic carbocycles. The molecule has 0 saturated carbocycles. The van der Waals surface area contributed by atoms with Crippen molar-refractivity contribution in [3.05, 3.63) is 99.5 Å². The number of benzene rings is 3. The Labute approximate surface area is 221 Å². The smallest absolute Gasteiger partial charge is 0.266 e. The van der Waals surface area contributed by atoms with E-state index in [4.69, 9.17) is 17.0 Å². The summed E-state index contributed by atoms with van der Waals surface area (Å²) < 4.78 is 6.28. The van der Waals surface area contributed by atoms with Gasteiger partial charge in [0.25, 0.3) is 11.8 Å². The normalized spacial score (nSPS) is 15.3. The average Bonchev–Trinajstić information content (AvgIpc) is 3.12. The topological polar surface area (TPSA) is 58.6 Å². The lowest BCUT2D eigenvalue weighted by molar-refractivity contribution is -0.123. The number of rotatable bonds is 7. The zero-order valence-electron chi connectivity index (χ0n) is 20.7. The first-order chi connectivity index (χ1) is 17.2. The number of anilines is 1. The first-order valence-corrected chi connectivity index (χ1v) is 12.9. The van der Waals surface area contributed by atoms with Gasteiger partial charge in [0, 0.05) is 5.69 Å². The SMILES string of the molecule is Cc1cc(C)c(NC(=O)COc2cccc(/C=C3\SC(=S)N([C@@H](C)c4ccccc4)C3=O)c2)c(C)c1. The quantitative estimate of drug-likeness (QED) is 0.284. The first kappa shape index (κ1) is 25.7. The predicted octanol–water partition coefficient (Wildman–Crippen LogP) is 6.59. The molecular formula is C29H28N2O3S2. The van der Waals surface area contributed by atoms with Crippen molar-refractivity contribution in [3.8, 4) is 5.75 Å². The van der Waals surface area contributed by atoms with Crippen LogP contribution in [0.3, 0.4) is 0 Å². The lowest BCUT2D eigenvalue weighted by Crippen LogP contribution is -2.30. The largest absolute Gasteiger partial charge is 0.484 e. The molecule has 1 aliphatic rings. The number of hydrogen-bond donors (Lipinski definition) is 1. The number of nitrogens with one attached hydrogen (secondary N) is 1. The number of hydrogen-bond acceptors (Lipinski definition) is 5. The van der Waals surface area contributed by atoms with E-state index in [2.05, 4.69) is 5.32 Å². The molecule has 0 spiro atoms. The number of aryl methyl sites for hydroxylation is 3. The summed E-state index contributed by atoms with van der Waals surface area (Å²) in [6.45, 7) is 7.84. The molecule has 3 aromatic rings. The zero-order chi connectivity index (χ0) is 25.8. The van der Waals surface area contributed by atoms with Crippen LogP contribution in [0.15, 0.2) is 71.6 Å². The van der Waals surface area contributed by atoms with E-state index in [0.29, 0.717) is 15.0 Å². The molecule has 1 fully saturated rings. The van der Waals surface area contributed by atoms with Crippen molar-refractivity contribution in [2.45, 2.75) is 33.7 Å². The molecule has 0 unspecified atom stereocenters. The van der Waals surface area contributed by atoms with E-state index in [9.17, 15) is 9.59 Å². The highest BCUT2D eigenvalue weighted by Gasteiger charge is 2.35. The summed E-state index contributed by atoms with van der Waals surface area (Å²) >= 11 is 6.81. The Bertz CT molecular complexity index is 1330. The average molecular weight is 517 g/mol. The second-order valence-electron chi connectivity index (χ2n) is 8.82. The third-order valence-corrected chi connectivity index (χ3v) is 7.29. The molecule has 184 valence electrons. The van der Waals surface area contributed by atoms with Gasteiger partial charge in [-0.3, -0.25) is 14.5 Å². The Balaban J connectivity index is 1.42. The van der Waals surface area contributed by atoms with Gasteiger partial charge in [-0.25, -0.2) is 0 Å². The van der Waals surface area contributed by atoms with Crippen molar-refractivity contribution in [2.24, 2.45) is 0 Å². The van der Waals surface area contributed by atoms with Crippen LogP contribution in [-0.4, -0.2) is 27.6 Å². The fourth-order valence-electron chi connectivity index (χ4n) is 4.24. The molecule has 4 rings (SSSR count). The van der Waals surface area contributed by atoms with E-state index in [0.717, 1.165) is 33.5 Å². The lowest BCUT2D eigenvalue weighted by atomic mass is 10.1. The summed E-state index contributed by atoms with van der Waals surface area (Å²) in [6, 6.07) is 21.1. The molecule has 0 bridgehead atoms. The van der Waals surface area contributed by atoms with Crippen LogP contribution in [-0.2, 0) is 9.59 Å². The zero-order valence-corrected chi connectivity index (χ0v) is 22.3. The van der Waals surface area contributed by atoms with Crippen molar-refractivity contribution in [1.29, 1.82) is 0 Å². The van der Waals surface area contributed by atoms with Crippen LogP contribution >= 0.6 is 24.0 Å². The maximum atomic E-state index is 13.1. The van der Waals surface area contributed by atoms with E-state index in [-0.39, 0.29) is 24.5 Å². The number of nitrogens with zero attached hydrogens (tertiary/aromatic N) is 1. The molecule has 0 aromatic heterocycles. The van der Waals surface area contributed by atoms with E-state index in [1.807, 2.05) is 94.4 Å². The van der Waals surface area contributed by atoms with E-state index in [1.165, 1.54) is 11.8 Å². The number of ether oxygens (including phenoxy) is 1. The van der Waals surface area contributed by atoms with Gasteiger partial charge in [0.15, 0.2) is 6.61 Å². The summed E-state index contributed by atoms with van der Waals surface area (Å²) in [7, 11) is 0. The summed E-state index contributed by atoms with van der Waals surface area (Å²) in [6.07, 6.45) is 1.81. The standard InChI is InChI=1S/C29H28N2O3S2/c1-18-13-19(2)27(20(3)14-18)30-26(32)17-34-24-12-8-9-22(15-24)16-25-28(33)31(29(35)36-25)21(4)23-10-6-5-7-11-23/h5-16,21H,17H2,1-4H3,(H,30,32)/b25-16-/t21-/m0/s1. The molecule has 36 heavy (non-hydrogen) atoms. The summed E-state index contributed by atoms with van der Waals surface area (Å²) in [5.74, 6) is 0.200. The molecule has 2 amide bonds. The van der Waals surface area contributed by atoms with Gasteiger partial charge in [0.1, 0.15) is 10.1 Å². The number of carbonyl (C=O) groups is 2. The van der Waals surface area contributed by atoms with Crippen LogP contribution in [0.2, 0.25) is 0 Å². The molecule has 7 heteroatoms. The highest BCUT2D eigenvalue weighted by atomic mass is 32.2. The van der Waals surface area contributed by atoms with Crippen molar-refractivity contribution in [2.75, 3.05) is 11.9 Å². The third kappa shape index (κ3) is 5.86. The number of thiocarbonyl (C=S) groups is 1. The molecule has 1 atom stereocenters. The Kier molecular flexibility index (Phi) is 7.91. The van der Waals surface area contributed by atoms with Gasteiger partial charge in [0.05, 0.1) is 10.9 Å². The second-order valence-corrected chi connectivity index (χ2v) is 10.5. The van der Waals surface area contributed by atoms with E-state index >= 15 is 0 Å². The molecule has 0 aliphatic carbocycles. The maximum absolute atomic E-state index is 13.1. The Morgan fingerprint density at radius 3 is 2.44 bits per heavy atom. The summed E-state index contributed by atoms with van der Waals surface area (Å²) in [4.78, 5) is 27.9. The fourth-order valence-corrected chi connectivity index (χ4v) is 5.66. The molecular weight excluding hydrogens is 488 g/mol. The summed E-state index contributed by atoms with van der Waals surface area (Å²) in [5.41, 5.74) is 5.83. The number of thioether (sulfide) groups is 1. The lowest BCUT2D eigenvalue weighted by Gasteiger charge is -2.23. The summed E-state index contributed by atoms with van der Waals surface area (Å²) in [5, 5.41) is 2.95. The molecule has 1 N–H and O–H groups in total. The van der Waals surface area contributed by atoms with Gasteiger partial charge >= 0.3 is 0 Å². The van der Waals surface area contributed by atoms with Crippen LogP contribution < -0.4 is 10.1 Å². The van der Waals surface area contributed by atoms with Gasteiger partial charge in [-0.05, 0) is 68.2 Å². The third-order valence-electron chi connectivity index (χ3n) is 5.96. The van der Waals surface area contributed by atoms with Crippen molar-refractivity contribution in [1.82, 2.24) is 4.90 Å². The molecule has 1 heterocycles. The minimum absolute atomic E-state index is 0.115. The van der Waals surface area contributed by atoms with Gasteiger partial charge in [-0.2, -0.15) is 0 Å². The van der Waals surface area contributed by atoms with Crippen LogP contribution in [0.1, 0.15) is 40.8 Å². The number of carbonyl (C=O) groups excluding carboxylic acids is 2. The Morgan fingerprint density at radius 2 is 1.75 bits per heavy atom. The van der Waals surface area contributed by atoms with Crippen LogP contribution in [0.5, 0.6) is 5.75 Å². The van der Waals surface area contributed by atoms with Gasteiger partial charge in [-0.1, -0.05) is 84.1 Å². The Morgan fingerprint density at radius 1 is 1.06 bits per heavy atom. The van der Waals surface area contributed by atoms with Crippen molar-refractivity contribution >= 4 is 51.9 Å². The van der Waals surface area contributed by atoms with Gasteiger partial charge < -0.3 is 10.1 Å². The van der Waals surface area contributed by atoms with E-state index < -0.39 is 0 Å². The number of amides is 2. The minimum Gasteiger partial charge on any atom is -0.484 e. The van der Waals surface area contributed by atoms with E-state index in [1.54, 1.807) is 11.0 Å². The van der Waals surface area contributed by atoms with Crippen molar-refractivity contribution in [3.63, 3.8) is 0 Å². The maximum Gasteiger partial charge on any atom is 0.266 e. The predicted molar refractivity (Wildman–Crippen MR) is 151 cm³/mol. The highest BCUT2D eigenvalue weighted by molar-refractivity contribution is 8.26. The van der Waals surface area contributed by atoms with Crippen LogP contribution in [0, 0.1) is 20.8 Å². The highest BCUT2D eigenvalue weighted by Crippen LogP contribution is 2.38. The minimum atomic E-state index is -0.230. The van der Waals surface area contributed by atoms with Gasteiger partial charge in [-0.15, -0.1) is 0 Å². The Hall–Kier alpha value is -3.42. The monoisotopic (exact) mass is 516 g/mol. The second kappa shape index (κ2) is 11.1. The van der Waals surface area contributed by atoms with Crippen molar-refractivity contribution < 1.29 is 14.3 Å².